The zero-order chi connectivity index (χ0) is 15.2. The van der Waals surface area contributed by atoms with E-state index in [1.807, 2.05) is 16.7 Å². The summed E-state index contributed by atoms with van der Waals surface area (Å²) in [6.45, 7) is 5.63. The zero-order valence-corrected chi connectivity index (χ0v) is 13.6. The van der Waals surface area contributed by atoms with E-state index in [0.29, 0.717) is 0 Å². The lowest BCUT2D eigenvalue weighted by molar-refractivity contribution is -0.162. The molecule has 4 heteroatoms. The standard InChI is InChI=1S/C17H30N2O2/c1-3-4-5-6-7-9-12-18-14(2)16(20)19-13-10-8-11-15(19)17(18)21/h14-15H,3-13H2,1-2H3. The van der Waals surface area contributed by atoms with Crippen molar-refractivity contribution in [3.05, 3.63) is 0 Å². The highest BCUT2D eigenvalue weighted by atomic mass is 16.2. The summed E-state index contributed by atoms with van der Waals surface area (Å²) in [6.07, 6.45) is 10.2. The molecule has 4 nitrogen and oxygen atoms in total. The van der Waals surface area contributed by atoms with Gasteiger partial charge in [0.25, 0.3) is 0 Å². The molecule has 120 valence electrons. The fourth-order valence-corrected chi connectivity index (χ4v) is 3.57. The van der Waals surface area contributed by atoms with Crippen LogP contribution in [-0.2, 0) is 9.59 Å². The fraction of sp³-hybridized carbons (Fsp3) is 0.882. The molecule has 0 aromatic carbocycles. The van der Waals surface area contributed by atoms with Gasteiger partial charge in [0.05, 0.1) is 0 Å². The number of hydrogen-bond donors (Lipinski definition) is 0. The molecule has 0 aromatic heterocycles. The molecular formula is C17H30N2O2. The number of rotatable bonds is 7. The van der Waals surface area contributed by atoms with Crippen LogP contribution >= 0.6 is 0 Å². The van der Waals surface area contributed by atoms with Crippen molar-refractivity contribution < 1.29 is 9.59 Å². The molecule has 2 rings (SSSR count). The highest BCUT2D eigenvalue weighted by molar-refractivity contribution is 5.96. The molecule has 0 saturated carbocycles. The minimum atomic E-state index is -0.262. The minimum absolute atomic E-state index is 0.158. The number of piperazine rings is 1. The second-order valence-electron chi connectivity index (χ2n) is 6.52. The quantitative estimate of drug-likeness (QED) is 0.677. The van der Waals surface area contributed by atoms with Gasteiger partial charge < -0.3 is 9.80 Å². The van der Waals surface area contributed by atoms with Gasteiger partial charge in [-0.2, -0.15) is 0 Å². The van der Waals surface area contributed by atoms with E-state index in [1.54, 1.807) is 0 Å². The molecule has 0 radical (unpaired) electrons. The maximum Gasteiger partial charge on any atom is 0.246 e. The Bertz CT molecular complexity index is 370. The van der Waals surface area contributed by atoms with E-state index in [1.165, 1.54) is 32.1 Å². The Morgan fingerprint density at radius 2 is 1.71 bits per heavy atom. The molecule has 2 saturated heterocycles. The molecular weight excluding hydrogens is 264 g/mol. The van der Waals surface area contributed by atoms with E-state index < -0.39 is 0 Å². The largest absolute Gasteiger partial charge is 0.329 e. The normalized spacial score (nSPS) is 26.2. The summed E-state index contributed by atoms with van der Waals surface area (Å²) in [4.78, 5) is 28.7. The monoisotopic (exact) mass is 294 g/mol. The van der Waals surface area contributed by atoms with E-state index >= 15 is 0 Å². The van der Waals surface area contributed by atoms with Gasteiger partial charge in [0.15, 0.2) is 0 Å². The highest BCUT2D eigenvalue weighted by Crippen LogP contribution is 2.26. The first-order valence-corrected chi connectivity index (χ1v) is 8.77. The van der Waals surface area contributed by atoms with E-state index in [-0.39, 0.29) is 23.9 Å². The first kappa shape index (κ1) is 16.3. The number of unbranched alkanes of at least 4 members (excludes halogenated alkanes) is 5. The Morgan fingerprint density at radius 3 is 2.48 bits per heavy atom. The molecule has 0 aliphatic carbocycles. The van der Waals surface area contributed by atoms with Crippen LogP contribution in [0.1, 0.15) is 71.6 Å². The molecule has 0 N–H and O–H groups in total. The molecule has 2 aliphatic rings. The van der Waals surface area contributed by atoms with Crippen molar-refractivity contribution in [1.82, 2.24) is 9.80 Å². The summed E-state index contributed by atoms with van der Waals surface area (Å²) in [5.74, 6) is 0.348. The van der Waals surface area contributed by atoms with Gasteiger partial charge in [0, 0.05) is 13.1 Å². The first-order chi connectivity index (χ1) is 10.2. The van der Waals surface area contributed by atoms with Crippen molar-refractivity contribution in [2.45, 2.75) is 83.7 Å². The maximum absolute atomic E-state index is 12.6. The van der Waals surface area contributed by atoms with E-state index in [0.717, 1.165) is 38.8 Å². The molecule has 2 fully saturated rings. The number of hydrogen-bond acceptors (Lipinski definition) is 2. The van der Waals surface area contributed by atoms with Crippen LogP contribution in [0.25, 0.3) is 0 Å². The SMILES string of the molecule is CCCCCCCCN1C(=O)C2CCCCN2C(=O)C1C. The number of piperidine rings is 1. The van der Waals surface area contributed by atoms with Crippen LogP contribution in [0.15, 0.2) is 0 Å². The molecule has 2 atom stereocenters. The number of nitrogens with zero attached hydrogens (tertiary/aromatic N) is 2. The molecule has 0 bridgehead atoms. The van der Waals surface area contributed by atoms with Crippen LogP contribution in [0.5, 0.6) is 0 Å². The Hall–Kier alpha value is -1.06. The number of fused-ring (bicyclic) bond motifs is 1. The zero-order valence-electron chi connectivity index (χ0n) is 13.6. The summed E-state index contributed by atoms with van der Waals surface area (Å²) in [6, 6.07) is -0.426. The molecule has 21 heavy (non-hydrogen) atoms. The summed E-state index contributed by atoms with van der Waals surface area (Å²) < 4.78 is 0. The molecule has 2 amide bonds. The topological polar surface area (TPSA) is 40.6 Å². The third-order valence-electron chi connectivity index (χ3n) is 4.93. The average Bonchev–Trinajstić information content (AvgIpc) is 2.51. The van der Waals surface area contributed by atoms with Crippen LogP contribution in [0, 0.1) is 0 Å². The Labute approximate surface area is 128 Å². The first-order valence-electron chi connectivity index (χ1n) is 8.77. The van der Waals surface area contributed by atoms with Gasteiger partial charge in [-0.25, -0.2) is 0 Å². The third-order valence-corrected chi connectivity index (χ3v) is 4.93. The molecule has 2 unspecified atom stereocenters. The lowest BCUT2D eigenvalue weighted by Crippen LogP contribution is -2.65. The van der Waals surface area contributed by atoms with Gasteiger partial charge >= 0.3 is 0 Å². The van der Waals surface area contributed by atoms with Crippen molar-refractivity contribution in [2.24, 2.45) is 0 Å². The van der Waals surface area contributed by atoms with Gasteiger partial charge in [0.2, 0.25) is 11.8 Å². The van der Waals surface area contributed by atoms with Crippen molar-refractivity contribution in [2.75, 3.05) is 13.1 Å². The summed E-state index contributed by atoms with van der Waals surface area (Å²) in [5.41, 5.74) is 0. The second kappa shape index (κ2) is 7.81. The number of carbonyl (C=O) groups excluding carboxylic acids is 2. The summed E-state index contributed by atoms with van der Waals surface area (Å²) in [5, 5.41) is 0. The van der Waals surface area contributed by atoms with Crippen molar-refractivity contribution in [1.29, 1.82) is 0 Å². The van der Waals surface area contributed by atoms with Crippen LogP contribution in [-0.4, -0.2) is 46.8 Å². The van der Waals surface area contributed by atoms with Crippen molar-refractivity contribution in [3.63, 3.8) is 0 Å². The average molecular weight is 294 g/mol. The second-order valence-corrected chi connectivity index (χ2v) is 6.52. The fourth-order valence-electron chi connectivity index (χ4n) is 3.57. The predicted molar refractivity (Wildman–Crippen MR) is 83.9 cm³/mol. The maximum atomic E-state index is 12.6. The molecule has 0 aromatic rings. The number of amides is 2. The Balaban J connectivity index is 1.84. The van der Waals surface area contributed by atoms with Gasteiger partial charge in [-0.15, -0.1) is 0 Å². The predicted octanol–water partition coefficient (Wildman–Crippen LogP) is 2.96. The van der Waals surface area contributed by atoms with Crippen LogP contribution < -0.4 is 0 Å². The summed E-state index contributed by atoms with van der Waals surface area (Å²) >= 11 is 0. The third kappa shape index (κ3) is 3.78. The summed E-state index contributed by atoms with van der Waals surface area (Å²) in [7, 11) is 0. The van der Waals surface area contributed by atoms with Gasteiger partial charge in [-0.3, -0.25) is 9.59 Å². The Kier molecular flexibility index (Phi) is 6.07. The van der Waals surface area contributed by atoms with Crippen molar-refractivity contribution >= 4 is 11.8 Å². The highest BCUT2D eigenvalue weighted by Gasteiger charge is 2.44. The molecule has 2 heterocycles. The smallest absolute Gasteiger partial charge is 0.246 e. The molecule has 2 aliphatic heterocycles. The lowest BCUT2D eigenvalue weighted by atomic mass is 9.95. The van der Waals surface area contributed by atoms with E-state index in [9.17, 15) is 9.59 Å². The van der Waals surface area contributed by atoms with Gasteiger partial charge in [-0.05, 0) is 32.6 Å². The van der Waals surface area contributed by atoms with E-state index in [4.69, 9.17) is 0 Å². The minimum Gasteiger partial charge on any atom is -0.329 e. The lowest BCUT2D eigenvalue weighted by Gasteiger charge is -2.46. The Morgan fingerprint density at radius 1 is 1.00 bits per heavy atom. The van der Waals surface area contributed by atoms with Gasteiger partial charge in [-0.1, -0.05) is 39.0 Å². The van der Waals surface area contributed by atoms with Gasteiger partial charge in [0.1, 0.15) is 12.1 Å². The van der Waals surface area contributed by atoms with Crippen molar-refractivity contribution in [3.8, 4) is 0 Å². The number of carbonyl (C=O) groups is 2. The van der Waals surface area contributed by atoms with Crippen LogP contribution in [0.2, 0.25) is 0 Å². The molecule has 0 spiro atoms. The van der Waals surface area contributed by atoms with Crippen LogP contribution in [0.3, 0.4) is 0 Å². The van der Waals surface area contributed by atoms with Crippen LogP contribution in [0.4, 0.5) is 0 Å². The van der Waals surface area contributed by atoms with E-state index in [2.05, 4.69) is 6.92 Å².